The predicted molar refractivity (Wildman–Crippen MR) is 106 cm³/mol. The van der Waals surface area contributed by atoms with E-state index in [9.17, 15) is 18.3 Å². The molecule has 1 amide bonds. The van der Waals surface area contributed by atoms with Gasteiger partial charge in [0.1, 0.15) is 5.75 Å². The van der Waals surface area contributed by atoms with Gasteiger partial charge in [-0.25, -0.2) is 8.42 Å². The van der Waals surface area contributed by atoms with Crippen LogP contribution in [-0.2, 0) is 14.8 Å². The molecular formula is C19H21ClN2O5S. The van der Waals surface area contributed by atoms with Gasteiger partial charge in [-0.3, -0.25) is 4.79 Å². The molecule has 1 aliphatic rings. The molecule has 0 radical (unpaired) electrons. The second-order valence-corrected chi connectivity index (χ2v) is 9.07. The molecule has 0 spiro atoms. The van der Waals surface area contributed by atoms with Crippen molar-refractivity contribution in [2.24, 2.45) is 0 Å². The van der Waals surface area contributed by atoms with Crippen molar-refractivity contribution in [2.45, 2.75) is 31.0 Å². The number of hydrogen-bond acceptors (Lipinski definition) is 5. The number of phenolic OH excluding ortho intramolecular Hbond substituents is 1. The first kappa shape index (κ1) is 20.6. The molecule has 1 fully saturated rings. The van der Waals surface area contributed by atoms with E-state index in [2.05, 4.69) is 5.32 Å². The number of morpholine rings is 1. The lowest BCUT2D eigenvalue weighted by molar-refractivity contribution is -0.0440. The SMILES string of the molecule is C[C@@H]1CN(S(=O)(=O)c2ccc(Cl)c(C(=O)Nc3ccc(O)cc3)c2)C[C@H](C)O1. The van der Waals surface area contributed by atoms with Crippen LogP contribution in [0.4, 0.5) is 5.69 Å². The summed E-state index contributed by atoms with van der Waals surface area (Å²) in [7, 11) is -3.80. The highest BCUT2D eigenvalue weighted by Crippen LogP contribution is 2.26. The molecule has 7 nitrogen and oxygen atoms in total. The maximum absolute atomic E-state index is 13.0. The minimum absolute atomic E-state index is 0.00550. The third kappa shape index (κ3) is 4.47. The second-order valence-electron chi connectivity index (χ2n) is 6.72. The van der Waals surface area contributed by atoms with Gasteiger partial charge in [-0.15, -0.1) is 0 Å². The minimum Gasteiger partial charge on any atom is -0.508 e. The Hall–Kier alpha value is -2.13. The third-order valence-corrected chi connectivity index (χ3v) is 6.49. The van der Waals surface area contributed by atoms with Crippen LogP contribution in [-0.4, -0.2) is 49.0 Å². The van der Waals surface area contributed by atoms with E-state index in [0.717, 1.165) is 0 Å². The molecule has 0 saturated carbocycles. The Bertz CT molecular complexity index is 968. The summed E-state index contributed by atoms with van der Waals surface area (Å²) in [6.45, 7) is 4.11. The van der Waals surface area contributed by atoms with Crippen LogP contribution in [0.1, 0.15) is 24.2 Å². The molecule has 2 N–H and O–H groups in total. The Morgan fingerprint density at radius 2 is 1.75 bits per heavy atom. The normalized spacial score (nSPS) is 20.7. The zero-order chi connectivity index (χ0) is 20.5. The molecule has 3 rings (SSSR count). The van der Waals surface area contributed by atoms with Crippen LogP contribution in [0.25, 0.3) is 0 Å². The first-order chi connectivity index (χ1) is 13.2. The van der Waals surface area contributed by atoms with Gasteiger partial charge in [-0.05, 0) is 56.3 Å². The Kier molecular flexibility index (Phi) is 5.95. The highest BCUT2D eigenvalue weighted by Gasteiger charge is 2.32. The standard InChI is InChI=1S/C19H21ClN2O5S/c1-12-10-22(11-13(2)27-12)28(25,26)16-7-8-18(20)17(9-16)19(24)21-14-3-5-15(23)6-4-14/h3-9,12-13,23H,10-11H2,1-2H3,(H,21,24)/t12-,13+. The topological polar surface area (TPSA) is 95.9 Å². The zero-order valence-electron chi connectivity index (χ0n) is 15.4. The maximum Gasteiger partial charge on any atom is 0.257 e. The molecule has 0 aliphatic carbocycles. The van der Waals surface area contributed by atoms with Gasteiger partial charge in [0.05, 0.1) is 27.7 Å². The molecule has 2 aromatic rings. The number of phenols is 1. The van der Waals surface area contributed by atoms with Crippen LogP contribution < -0.4 is 5.32 Å². The van der Waals surface area contributed by atoms with Crippen molar-refractivity contribution in [3.63, 3.8) is 0 Å². The minimum atomic E-state index is -3.80. The second kappa shape index (κ2) is 8.08. The Labute approximate surface area is 168 Å². The summed E-state index contributed by atoms with van der Waals surface area (Å²) in [5.74, 6) is -0.477. The fourth-order valence-corrected chi connectivity index (χ4v) is 4.88. The Morgan fingerprint density at radius 1 is 1.14 bits per heavy atom. The summed E-state index contributed by atoms with van der Waals surface area (Å²) in [6, 6.07) is 9.97. The van der Waals surface area contributed by atoms with E-state index in [1.807, 2.05) is 13.8 Å². The molecule has 2 atom stereocenters. The monoisotopic (exact) mass is 424 g/mol. The lowest BCUT2D eigenvalue weighted by atomic mass is 10.2. The third-order valence-electron chi connectivity index (χ3n) is 4.33. The quantitative estimate of drug-likeness (QED) is 0.735. The number of aromatic hydroxyl groups is 1. The average molecular weight is 425 g/mol. The Balaban J connectivity index is 1.88. The number of nitrogens with one attached hydrogen (secondary N) is 1. The number of amides is 1. The van der Waals surface area contributed by atoms with E-state index in [0.29, 0.717) is 5.69 Å². The highest BCUT2D eigenvalue weighted by atomic mass is 35.5. The summed E-state index contributed by atoms with van der Waals surface area (Å²) in [5, 5.41) is 12.1. The molecule has 0 bridgehead atoms. The zero-order valence-corrected chi connectivity index (χ0v) is 17.0. The summed E-state index contributed by atoms with van der Waals surface area (Å²) >= 11 is 6.14. The number of benzene rings is 2. The molecule has 28 heavy (non-hydrogen) atoms. The number of anilines is 1. The number of sulfonamides is 1. The first-order valence-corrected chi connectivity index (χ1v) is 10.5. The molecule has 150 valence electrons. The van der Waals surface area contributed by atoms with Crippen molar-refractivity contribution >= 4 is 33.2 Å². The van der Waals surface area contributed by atoms with Crippen molar-refractivity contribution in [1.29, 1.82) is 0 Å². The smallest absolute Gasteiger partial charge is 0.257 e. The van der Waals surface area contributed by atoms with Crippen LogP contribution in [0.2, 0.25) is 5.02 Å². The number of carbonyl (C=O) groups excluding carboxylic acids is 1. The molecular weight excluding hydrogens is 404 g/mol. The van der Waals surface area contributed by atoms with Crippen LogP contribution in [0.15, 0.2) is 47.4 Å². The lowest BCUT2D eigenvalue weighted by Crippen LogP contribution is -2.48. The van der Waals surface area contributed by atoms with Crippen molar-refractivity contribution in [1.82, 2.24) is 4.31 Å². The molecule has 0 aromatic heterocycles. The van der Waals surface area contributed by atoms with Gasteiger partial charge in [0, 0.05) is 18.8 Å². The molecule has 1 heterocycles. The van der Waals surface area contributed by atoms with Crippen molar-refractivity contribution in [2.75, 3.05) is 18.4 Å². The summed E-state index contributed by atoms with van der Waals surface area (Å²) in [5.41, 5.74) is 0.494. The van der Waals surface area contributed by atoms with E-state index in [1.165, 1.54) is 46.8 Å². The van der Waals surface area contributed by atoms with Gasteiger partial charge in [-0.1, -0.05) is 11.6 Å². The fraction of sp³-hybridized carbons (Fsp3) is 0.316. The average Bonchev–Trinajstić information content (AvgIpc) is 2.63. The number of carbonyl (C=O) groups is 1. The summed E-state index contributed by atoms with van der Waals surface area (Å²) in [4.78, 5) is 12.6. The van der Waals surface area contributed by atoms with Gasteiger partial charge in [-0.2, -0.15) is 4.31 Å². The van der Waals surface area contributed by atoms with Gasteiger partial charge in [0.25, 0.3) is 5.91 Å². The number of hydrogen-bond donors (Lipinski definition) is 2. The molecule has 9 heteroatoms. The summed E-state index contributed by atoms with van der Waals surface area (Å²) in [6.07, 6.45) is -0.439. The Morgan fingerprint density at radius 3 is 2.36 bits per heavy atom. The molecule has 1 saturated heterocycles. The number of halogens is 1. The van der Waals surface area contributed by atoms with E-state index < -0.39 is 15.9 Å². The van der Waals surface area contributed by atoms with E-state index in [-0.39, 0.29) is 46.5 Å². The summed E-state index contributed by atoms with van der Waals surface area (Å²) < 4.78 is 33.0. The number of rotatable bonds is 4. The van der Waals surface area contributed by atoms with Gasteiger partial charge >= 0.3 is 0 Å². The molecule has 2 aromatic carbocycles. The first-order valence-electron chi connectivity index (χ1n) is 8.72. The maximum atomic E-state index is 13.0. The largest absolute Gasteiger partial charge is 0.508 e. The molecule has 1 aliphatic heterocycles. The van der Waals surface area contributed by atoms with E-state index in [4.69, 9.17) is 16.3 Å². The highest BCUT2D eigenvalue weighted by molar-refractivity contribution is 7.89. The fourth-order valence-electron chi connectivity index (χ4n) is 3.06. The predicted octanol–water partition coefficient (Wildman–Crippen LogP) is 3.10. The van der Waals surface area contributed by atoms with Crippen molar-refractivity contribution in [3.05, 3.63) is 53.1 Å². The molecule has 0 unspecified atom stereocenters. The van der Waals surface area contributed by atoms with Crippen LogP contribution in [0.5, 0.6) is 5.75 Å². The van der Waals surface area contributed by atoms with E-state index >= 15 is 0 Å². The number of ether oxygens (including phenoxy) is 1. The number of nitrogens with zero attached hydrogens (tertiary/aromatic N) is 1. The van der Waals surface area contributed by atoms with Crippen molar-refractivity contribution < 1.29 is 23.1 Å². The van der Waals surface area contributed by atoms with Gasteiger partial charge < -0.3 is 15.2 Å². The van der Waals surface area contributed by atoms with Crippen LogP contribution in [0.3, 0.4) is 0 Å². The van der Waals surface area contributed by atoms with E-state index in [1.54, 1.807) is 0 Å². The lowest BCUT2D eigenvalue weighted by Gasteiger charge is -2.34. The van der Waals surface area contributed by atoms with Gasteiger partial charge in [0.15, 0.2) is 0 Å². The van der Waals surface area contributed by atoms with Crippen molar-refractivity contribution in [3.8, 4) is 5.75 Å². The van der Waals surface area contributed by atoms with Crippen LogP contribution >= 0.6 is 11.6 Å². The van der Waals surface area contributed by atoms with Gasteiger partial charge in [0.2, 0.25) is 10.0 Å². The van der Waals surface area contributed by atoms with Crippen LogP contribution in [0, 0.1) is 0 Å².